The highest BCUT2D eigenvalue weighted by atomic mass is 19.4. The highest BCUT2D eigenvalue weighted by Crippen LogP contribution is 2.39. The highest BCUT2D eigenvalue weighted by Gasteiger charge is 2.26. The first-order valence-corrected chi connectivity index (χ1v) is 37.4. The first-order valence-electron chi connectivity index (χ1n) is 37.4. The minimum absolute atomic E-state index is 0. The molecule has 5 nitrogen and oxygen atoms in total. The quantitative estimate of drug-likeness (QED) is 0.0654. The van der Waals surface area contributed by atoms with E-state index in [2.05, 4.69) is 314 Å². The molecule has 0 saturated heterocycles. The monoisotopic (exact) mass is 1680 g/mol. The number of benzene rings is 12. The largest absolute Gasteiger partial charge is 1.00 e. The lowest BCUT2D eigenvalue weighted by molar-refractivity contribution is -0.00100. The number of halogens is 16. The van der Waals surface area contributed by atoms with E-state index in [1.54, 1.807) is 7.11 Å². The Labute approximate surface area is 706 Å². The van der Waals surface area contributed by atoms with Crippen molar-refractivity contribution in [3.63, 3.8) is 0 Å². The van der Waals surface area contributed by atoms with E-state index >= 15 is 0 Å². The van der Waals surface area contributed by atoms with Crippen LogP contribution in [0.2, 0.25) is 0 Å². The van der Waals surface area contributed by atoms with Crippen LogP contribution in [0, 0.1) is 34.6 Å². The molecule has 4 aromatic heterocycles. The van der Waals surface area contributed by atoms with Gasteiger partial charge in [0.05, 0.1) is 100 Å². The number of hydrogen-bond donors (Lipinski definition) is 0. The third kappa shape index (κ3) is 33.0. The van der Waals surface area contributed by atoms with E-state index in [1.165, 1.54) is 44.5 Å². The standard InChI is InChI=1S/2C25H21O.C24H19O2.C24H19O.4BF3.4FH/c2*1-18-8-12-21(13-9-18)24-16-23(20-6-4-3-5-7-20)17-25(26-24)22-14-10-19(2)11-15-22;1-25-22-14-12-18(13-15-22)21-16-23(19-8-4-2-5-9-19)26-24(17-21)20-10-6-3-7-11-20;1-18-12-14-19(15-13-18)22-16-23(20-8-4-2-5-9-20)25-24(17-22)21-10-6-3-7-11-21;4*2-1(3)4;;;;/h2*3-17H,1-2H3;2-17H,1H3;2-17H,1H3;;;;;4*1H/q4*+1;;;;;;;;/p-4. The molecule has 0 spiro atoms. The molecular formula is C98H80B4F16O5. The fourth-order valence-corrected chi connectivity index (χ4v) is 11.9. The van der Waals surface area contributed by atoms with Crippen LogP contribution in [0.15, 0.2) is 394 Å². The molecule has 0 radical (unpaired) electrons. The van der Waals surface area contributed by atoms with Gasteiger partial charge in [-0.1, -0.05) is 246 Å². The molecule has 0 N–H and O–H groups in total. The maximum absolute atomic E-state index is 9.67. The topological polar surface area (TPSA) is 54.4 Å². The van der Waals surface area contributed by atoms with Gasteiger partial charge in [-0.3, -0.25) is 51.8 Å². The van der Waals surface area contributed by atoms with Crippen molar-refractivity contribution in [3.05, 3.63) is 404 Å². The second-order valence-electron chi connectivity index (χ2n) is 26.5. The first kappa shape index (κ1) is 99.7. The third-order valence-corrected chi connectivity index (χ3v) is 17.8. The molecule has 16 rings (SSSR count). The molecule has 0 atom stereocenters. The van der Waals surface area contributed by atoms with Crippen LogP contribution in [0.1, 0.15) is 27.8 Å². The van der Waals surface area contributed by atoms with Crippen LogP contribution in [0.4, 0.5) is 51.8 Å². The van der Waals surface area contributed by atoms with E-state index in [0.29, 0.717) is 0 Å². The maximum atomic E-state index is 9.67. The molecule has 0 aliphatic heterocycles. The van der Waals surface area contributed by atoms with Crippen LogP contribution in [0.3, 0.4) is 0 Å². The van der Waals surface area contributed by atoms with Crippen LogP contribution in [-0.4, -0.2) is 37.3 Å². The number of hydrogen-bond acceptors (Lipinski definition) is 1. The third-order valence-electron chi connectivity index (χ3n) is 17.8. The maximum Gasteiger partial charge on any atom is 0.762 e. The number of methoxy groups -OCH3 is 1. The summed E-state index contributed by atoms with van der Waals surface area (Å²) in [4.78, 5) is 0. The average Bonchev–Trinajstić information content (AvgIpc) is 0.772. The first-order chi connectivity index (χ1) is 57.4. The predicted octanol–water partition coefficient (Wildman–Crippen LogP) is 19.3. The van der Waals surface area contributed by atoms with Crippen molar-refractivity contribution in [2.24, 2.45) is 0 Å². The molecule has 16 aromatic rings. The Morgan fingerprint density at radius 3 is 0.447 bits per heavy atom. The molecular weight excluding hydrogens is 1600 g/mol. The minimum Gasteiger partial charge on any atom is -1.00 e. The Balaban J connectivity index is 0.000000272. The zero-order chi connectivity index (χ0) is 85.0. The summed E-state index contributed by atoms with van der Waals surface area (Å²) in [6.07, 6.45) is 0. The Morgan fingerprint density at radius 2 is 0.293 bits per heavy atom. The van der Waals surface area contributed by atoms with Gasteiger partial charge in [0, 0.05) is 22.3 Å². The zero-order valence-electron chi connectivity index (χ0n) is 67.2. The number of aryl methyl sites for hydroxylation is 5. The fourth-order valence-electron chi connectivity index (χ4n) is 11.9. The van der Waals surface area contributed by atoms with Gasteiger partial charge >= 0.3 is 76.3 Å². The summed E-state index contributed by atoms with van der Waals surface area (Å²) in [7, 11) is -13.0. The number of ether oxygens (including phenoxy) is 1. The van der Waals surface area contributed by atoms with Crippen molar-refractivity contribution in [1.29, 1.82) is 0 Å². The summed E-state index contributed by atoms with van der Waals surface area (Å²) in [5.41, 5.74) is 24.1. The Morgan fingerprint density at radius 1 is 0.171 bits per heavy atom. The summed E-state index contributed by atoms with van der Waals surface area (Å²) >= 11 is 0. The fraction of sp³-hybridized carbons (Fsp3) is 0.0612. The van der Waals surface area contributed by atoms with Crippen molar-refractivity contribution in [1.82, 2.24) is 0 Å². The van der Waals surface area contributed by atoms with E-state index in [0.717, 1.165) is 124 Å². The van der Waals surface area contributed by atoms with E-state index in [1.807, 2.05) is 97.1 Å². The summed E-state index contributed by atoms with van der Waals surface area (Å²) in [5.74, 6) is 7.79. The molecule has 626 valence electrons. The smallest absolute Gasteiger partial charge is 0.762 e. The lowest BCUT2D eigenvalue weighted by atomic mass is 10.0. The van der Waals surface area contributed by atoms with Gasteiger partial charge in [0.25, 0.3) is 0 Å². The van der Waals surface area contributed by atoms with Crippen molar-refractivity contribution in [3.8, 4) is 141 Å². The van der Waals surface area contributed by atoms with Crippen molar-refractivity contribution < 1.29 is 93.0 Å². The lowest BCUT2D eigenvalue weighted by Crippen LogP contribution is -3.00. The molecule has 12 aromatic carbocycles. The van der Waals surface area contributed by atoms with Crippen LogP contribution in [0.25, 0.3) is 135 Å². The van der Waals surface area contributed by atoms with E-state index < -0.39 is 30.2 Å². The average molecular weight is 1680 g/mol. The zero-order valence-corrected chi connectivity index (χ0v) is 67.2. The van der Waals surface area contributed by atoms with Crippen LogP contribution in [-0.2, 0) is 0 Å². The van der Waals surface area contributed by atoms with E-state index in [9.17, 15) is 51.8 Å². The SMILES string of the molecule is COc1ccc(-c2cc(-c3ccccc3)[o+]c(-c3ccccc3)c2)cc1.Cc1ccc(-c2cc(-c3ccccc3)[o+]c(-c3ccccc3)c2)cc1.Cc1ccc(-c2cc(-c3ccccc3)cc(-c3ccc(C)cc3)[o+]2)cc1.Cc1ccc(-c2cc(-c3ccccc3)cc(-c3ccc(C)cc3)[o+]2)cc1.FB(F)F.FB(F)F.FB(F)F.FB(F)F.[F-].[F-].[F-].[F-]. The second-order valence-corrected chi connectivity index (χ2v) is 26.5. The normalized spacial score (nSPS) is 9.77. The highest BCUT2D eigenvalue weighted by molar-refractivity contribution is 6.34. The molecule has 4 heterocycles. The van der Waals surface area contributed by atoms with Gasteiger partial charge in [-0.15, -0.1) is 0 Å². The van der Waals surface area contributed by atoms with Gasteiger partial charge in [-0.2, -0.15) is 0 Å². The van der Waals surface area contributed by atoms with Crippen molar-refractivity contribution >= 4 is 30.2 Å². The molecule has 0 saturated carbocycles. The van der Waals surface area contributed by atoms with Gasteiger partial charge in [-0.25, -0.2) is 17.7 Å². The second kappa shape index (κ2) is 51.6. The predicted molar refractivity (Wildman–Crippen MR) is 464 cm³/mol. The molecule has 0 unspecified atom stereocenters. The molecule has 25 heteroatoms. The molecule has 0 fully saturated rings. The van der Waals surface area contributed by atoms with Crippen LogP contribution >= 0.6 is 0 Å². The van der Waals surface area contributed by atoms with Crippen LogP contribution in [0.5, 0.6) is 5.75 Å². The molecule has 0 bridgehead atoms. The van der Waals surface area contributed by atoms with Gasteiger partial charge in [-0.05, 0) is 166 Å². The molecule has 0 aliphatic carbocycles. The van der Waals surface area contributed by atoms with Gasteiger partial charge < -0.3 is 23.6 Å². The minimum atomic E-state index is -3.67. The van der Waals surface area contributed by atoms with E-state index in [-0.39, 0.29) is 18.8 Å². The van der Waals surface area contributed by atoms with Crippen molar-refractivity contribution in [2.45, 2.75) is 34.6 Å². The molecule has 0 amide bonds. The van der Waals surface area contributed by atoms with Crippen molar-refractivity contribution in [2.75, 3.05) is 7.11 Å². The summed E-state index contributed by atoms with van der Waals surface area (Å²) in [5, 5.41) is 0. The summed E-state index contributed by atoms with van der Waals surface area (Å²) in [6.45, 7) is 10.5. The van der Waals surface area contributed by atoms with Gasteiger partial charge in [0.1, 0.15) is 5.75 Å². The van der Waals surface area contributed by atoms with Gasteiger partial charge in [0.2, 0.25) is 0 Å². The van der Waals surface area contributed by atoms with Crippen LogP contribution < -0.4 is 23.6 Å². The Kier molecular flexibility index (Phi) is 41.8. The van der Waals surface area contributed by atoms with E-state index in [4.69, 9.17) is 22.4 Å². The Bertz CT molecular complexity index is 5230. The lowest BCUT2D eigenvalue weighted by Gasteiger charge is -2.04. The number of rotatable bonds is 13. The summed E-state index contributed by atoms with van der Waals surface area (Å²) < 4.78 is 146. The summed E-state index contributed by atoms with van der Waals surface area (Å²) in [6, 6.07) is 129. The Hall–Kier alpha value is -13.8. The molecule has 123 heavy (non-hydrogen) atoms. The van der Waals surface area contributed by atoms with Gasteiger partial charge in [0.15, 0.2) is 0 Å². The molecule has 0 aliphatic rings.